The average Bonchev–Trinajstić information content (AvgIpc) is 2.73. The Kier molecular flexibility index (Phi) is 9.26. The number of benzene rings is 3. The van der Waals surface area contributed by atoms with E-state index >= 15 is 0 Å². The van der Waals surface area contributed by atoms with Crippen LogP contribution in [0.4, 0.5) is 5.69 Å². The first-order chi connectivity index (χ1) is 13.3. The molecule has 0 heterocycles. The van der Waals surface area contributed by atoms with Crippen molar-refractivity contribution in [2.75, 3.05) is 12.4 Å². The minimum atomic E-state index is 0.813. The van der Waals surface area contributed by atoms with Crippen LogP contribution in [0.2, 0.25) is 0 Å². The topological polar surface area (TPSA) is 21.3 Å². The Morgan fingerprint density at radius 1 is 0.741 bits per heavy atom. The van der Waals surface area contributed by atoms with Gasteiger partial charge in [-0.3, -0.25) is 0 Å². The van der Waals surface area contributed by atoms with Crippen molar-refractivity contribution < 1.29 is 4.74 Å². The fourth-order valence-electron chi connectivity index (χ4n) is 3.03. The lowest BCUT2D eigenvalue weighted by atomic mass is 10.0. The van der Waals surface area contributed by atoms with Crippen LogP contribution >= 0.6 is 0 Å². The van der Waals surface area contributed by atoms with E-state index in [-0.39, 0.29) is 0 Å². The van der Waals surface area contributed by atoms with Gasteiger partial charge < -0.3 is 10.1 Å². The zero-order valence-corrected chi connectivity index (χ0v) is 17.0. The molecule has 27 heavy (non-hydrogen) atoms. The predicted octanol–water partition coefficient (Wildman–Crippen LogP) is 7.44. The Labute approximate surface area is 164 Å². The molecule has 2 heteroatoms. The van der Waals surface area contributed by atoms with E-state index < -0.39 is 0 Å². The number of methoxy groups -OCH3 is 1. The number of hydrogen-bond donors (Lipinski definition) is 1. The molecule has 144 valence electrons. The smallest absolute Gasteiger partial charge is 0.119 e. The van der Waals surface area contributed by atoms with E-state index in [1.807, 2.05) is 24.3 Å². The van der Waals surface area contributed by atoms with E-state index in [2.05, 4.69) is 61.6 Å². The number of fused-ring (bicyclic) bond motifs is 1. The van der Waals surface area contributed by atoms with Gasteiger partial charge in [-0.15, -0.1) is 0 Å². The summed E-state index contributed by atoms with van der Waals surface area (Å²) in [5.74, 6) is 0.876. The van der Waals surface area contributed by atoms with Crippen LogP contribution in [0.1, 0.15) is 51.5 Å². The molecule has 3 aromatic carbocycles. The molecule has 0 saturated heterocycles. The number of hydrogen-bond acceptors (Lipinski definition) is 2. The fourth-order valence-corrected chi connectivity index (χ4v) is 3.03. The molecule has 0 atom stereocenters. The molecule has 0 aliphatic carbocycles. The molecule has 0 saturated carbocycles. The summed E-state index contributed by atoms with van der Waals surface area (Å²) in [6.45, 7) is 5.30. The number of nitrogens with one attached hydrogen (secondary N) is 1. The molecule has 0 unspecified atom stereocenters. The van der Waals surface area contributed by atoms with Crippen LogP contribution in [0.5, 0.6) is 5.75 Å². The average molecular weight is 364 g/mol. The standard InChI is InChI=1S/C18H17NO.C7H16/c1-20-17-11-9-16(10-12-17)19-13-15-7-4-6-14-5-2-3-8-18(14)15;1-3-5-7-6-4-2/h2-12,19H,13H2,1H3;3-7H2,1-2H3. The quantitative estimate of drug-likeness (QED) is 0.420. The molecule has 0 fully saturated rings. The highest BCUT2D eigenvalue weighted by molar-refractivity contribution is 5.85. The third kappa shape index (κ3) is 6.97. The van der Waals surface area contributed by atoms with Crippen LogP contribution in [0.15, 0.2) is 66.7 Å². The minimum Gasteiger partial charge on any atom is -0.497 e. The van der Waals surface area contributed by atoms with Gasteiger partial charge in [-0.25, -0.2) is 0 Å². The molecule has 0 radical (unpaired) electrons. The van der Waals surface area contributed by atoms with Crippen molar-refractivity contribution in [2.24, 2.45) is 0 Å². The zero-order valence-electron chi connectivity index (χ0n) is 17.0. The Morgan fingerprint density at radius 3 is 2.07 bits per heavy atom. The van der Waals surface area contributed by atoms with E-state index in [9.17, 15) is 0 Å². The molecule has 0 bridgehead atoms. The second-order valence-electron chi connectivity index (χ2n) is 6.78. The summed E-state index contributed by atoms with van der Waals surface area (Å²) in [6.07, 6.45) is 7.01. The van der Waals surface area contributed by atoms with Gasteiger partial charge in [-0.1, -0.05) is 88.4 Å². The van der Waals surface area contributed by atoms with Crippen molar-refractivity contribution in [3.05, 3.63) is 72.3 Å². The summed E-state index contributed by atoms with van der Waals surface area (Å²) in [4.78, 5) is 0. The molecule has 2 nitrogen and oxygen atoms in total. The normalized spacial score (nSPS) is 10.2. The second-order valence-corrected chi connectivity index (χ2v) is 6.78. The van der Waals surface area contributed by atoms with Gasteiger partial charge in [-0.05, 0) is 40.6 Å². The Bertz CT molecular complexity index is 770. The highest BCUT2D eigenvalue weighted by atomic mass is 16.5. The van der Waals surface area contributed by atoms with Crippen molar-refractivity contribution in [3.63, 3.8) is 0 Å². The van der Waals surface area contributed by atoms with Crippen LogP contribution in [-0.4, -0.2) is 7.11 Å². The molecule has 1 N–H and O–H groups in total. The third-order valence-electron chi connectivity index (χ3n) is 4.66. The lowest BCUT2D eigenvalue weighted by Gasteiger charge is -2.10. The highest BCUT2D eigenvalue weighted by Crippen LogP contribution is 2.20. The predicted molar refractivity (Wildman–Crippen MR) is 119 cm³/mol. The fraction of sp³-hybridized carbons (Fsp3) is 0.360. The number of anilines is 1. The Hall–Kier alpha value is -2.48. The number of ether oxygens (including phenoxy) is 1. The van der Waals surface area contributed by atoms with Gasteiger partial charge in [0.05, 0.1) is 7.11 Å². The SMILES string of the molecule is CCCCCCC.COc1ccc(NCc2cccc3ccccc23)cc1. The molecule has 0 aliphatic heterocycles. The van der Waals surface area contributed by atoms with E-state index in [0.29, 0.717) is 0 Å². The maximum absolute atomic E-state index is 5.16. The molecular formula is C25H33NO. The first-order valence-corrected chi connectivity index (χ1v) is 10.1. The molecule has 0 amide bonds. The van der Waals surface area contributed by atoms with E-state index in [0.717, 1.165) is 18.0 Å². The number of rotatable bonds is 8. The lowest BCUT2D eigenvalue weighted by Crippen LogP contribution is -1.99. The third-order valence-corrected chi connectivity index (χ3v) is 4.66. The molecule has 3 aromatic rings. The van der Waals surface area contributed by atoms with Crippen LogP contribution < -0.4 is 10.1 Å². The first kappa shape index (κ1) is 20.8. The van der Waals surface area contributed by atoms with Gasteiger partial charge in [0.25, 0.3) is 0 Å². The first-order valence-electron chi connectivity index (χ1n) is 10.1. The second kappa shape index (κ2) is 12.0. The van der Waals surface area contributed by atoms with E-state index in [1.54, 1.807) is 7.11 Å². The van der Waals surface area contributed by atoms with Crippen LogP contribution in [0.25, 0.3) is 10.8 Å². The summed E-state index contributed by atoms with van der Waals surface area (Å²) in [5.41, 5.74) is 2.40. The molecule has 0 aliphatic rings. The summed E-state index contributed by atoms with van der Waals surface area (Å²) in [6, 6.07) is 22.9. The van der Waals surface area contributed by atoms with Crippen molar-refractivity contribution >= 4 is 16.5 Å². The summed E-state index contributed by atoms with van der Waals surface area (Å²) in [7, 11) is 1.68. The van der Waals surface area contributed by atoms with E-state index in [4.69, 9.17) is 4.74 Å². The minimum absolute atomic E-state index is 0.813. The monoisotopic (exact) mass is 363 g/mol. The molecular weight excluding hydrogens is 330 g/mol. The van der Waals surface area contributed by atoms with Gasteiger partial charge in [0, 0.05) is 12.2 Å². The molecule has 0 spiro atoms. The highest BCUT2D eigenvalue weighted by Gasteiger charge is 2.00. The number of unbranched alkanes of at least 4 members (excludes halogenated alkanes) is 4. The van der Waals surface area contributed by atoms with Crippen LogP contribution in [-0.2, 0) is 6.54 Å². The van der Waals surface area contributed by atoms with Gasteiger partial charge in [0.1, 0.15) is 5.75 Å². The largest absolute Gasteiger partial charge is 0.497 e. The van der Waals surface area contributed by atoms with Crippen molar-refractivity contribution in [3.8, 4) is 5.75 Å². The zero-order chi connectivity index (χ0) is 19.3. The van der Waals surface area contributed by atoms with Crippen LogP contribution in [0.3, 0.4) is 0 Å². The van der Waals surface area contributed by atoms with E-state index in [1.165, 1.54) is 48.4 Å². The summed E-state index contributed by atoms with van der Waals surface area (Å²) >= 11 is 0. The Balaban J connectivity index is 0.000000321. The van der Waals surface area contributed by atoms with Gasteiger partial charge >= 0.3 is 0 Å². The van der Waals surface area contributed by atoms with Gasteiger partial charge in [0.2, 0.25) is 0 Å². The summed E-state index contributed by atoms with van der Waals surface area (Å²) in [5, 5.41) is 6.03. The van der Waals surface area contributed by atoms with Crippen molar-refractivity contribution in [2.45, 2.75) is 52.5 Å². The Morgan fingerprint density at radius 2 is 1.41 bits per heavy atom. The molecule has 0 aromatic heterocycles. The van der Waals surface area contributed by atoms with Crippen molar-refractivity contribution in [1.82, 2.24) is 0 Å². The summed E-state index contributed by atoms with van der Waals surface area (Å²) < 4.78 is 5.16. The van der Waals surface area contributed by atoms with Crippen LogP contribution in [0, 0.1) is 0 Å². The maximum Gasteiger partial charge on any atom is 0.119 e. The van der Waals surface area contributed by atoms with Gasteiger partial charge in [-0.2, -0.15) is 0 Å². The maximum atomic E-state index is 5.16. The van der Waals surface area contributed by atoms with Crippen molar-refractivity contribution in [1.29, 1.82) is 0 Å². The lowest BCUT2D eigenvalue weighted by molar-refractivity contribution is 0.415. The molecule has 3 rings (SSSR count). The van der Waals surface area contributed by atoms with Gasteiger partial charge in [0.15, 0.2) is 0 Å².